The second-order valence-corrected chi connectivity index (χ2v) is 6.54. The number of ether oxygens (including phenoxy) is 1. The third-order valence-electron chi connectivity index (χ3n) is 4.68. The summed E-state index contributed by atoms with van der Waals surface area (Å²) in [6.45, 7) is 6.86. The summed E-state index contributed by atoms with van der Waals surface area (Å²) in [5.74, 6) is 0.911. The van der Waals surface area contributed by atoms with Crippen molar-refractivity contribution in [3.05, 3.63) is 77.0 Å². The first-order chi connectivity index (χ1) is 12.6. The first-order valence-corrected chi connectivity index (χ1v) is 9.07. The van der Waals surface area contributed by atoms with Gasteiger partial charge in [0, 0.05) is 30.1 Å². The molecule has 3 rings (SSSR count). The van der Waals surface area contributed by atoms with Gasteiger partial charge in [0.25, 0.3) is 0 Å². The van der Waals surface area contributed by atoms with Gasteiger partial charge in [-0.3, -0.25) is 4.98 Å². The molecule has 3 heteroatoms. The Morgan fingerprint density at radius 1 is 1.04 bits per heavy atom. The third-order valence-corrected chi connectivity index (χ3v) is 4.68. The second-order valence-electron chi connectivity index (χ2n) is 6.54. The van der Waals surface area contributed by atoms with Gasteiger partial charge in [-0.05, 0) is 67.3 Å². The van der Waals surface area contributed by atoms with Crippen LogP contribution in [0.25, 0.3) is 11.3 Å². The van der Waals surface area contributed by atoms with Crippen LogP contribution in [0.5, 0.6) is 5.75 Å². The standard InChI is InChI=1S/C23H26N2O/c1-5-18-7-6-8-22(24-4)20(18)15-26-23-12-10-19(13-17(23)3)21-11-9-16(2)14-25-21/h6-14,24H,5,15H2,1-4H3. The molecule has 0 saturated heterocycles. The predicted octanol–water partition coefficient (Wildman–Crippen LogP) is 5.55. The van der Waals surface area contributed by atoms with E-state index < -0.39 is 0 Å². The van der Waals surface area contributed by atoms with Crippen molar-refractivity contribution in [1.29, 1.82) is 0 Å². The zero-order valence-electron chi connectivity index (χ0n) is 16.0. The highest BCUT2D eigenvalue weighted by atomic mass is 16.5. The summed E-state index contributed by atoms with van der Waals surface area (Å²) >= 11 is 0. The van der Waals surface area contributed by atoms with E-state index in [1.54, 1.807) is 0 Å². The molecule has 0 radical (unpaired) electrons. The highest BCUT2D eigenvalue weighted by Crippen LogP contribution is 2.28. The predicted molar refractivity (Wildman–Crippen MR) is 109 cm³/mol. The number of benzene rings is 2. The third kappa shape index (κ3) is 3.88. The molecule has 0 saturated carbocycles. The fourth-order valence-corrected chi connectivity index (χ4v) is 3.13. The van der Waals surface area contributed by atoms with Gasteiger partial charge in [-0.15, -0.1) is 0 Å². The van der Waals surface area contributed by atoms with Gasteiger partial charge < -0.3 is 10.1 Å². The Labute approximate surface area is 156 Å². The molecule has 2 aromatic carbocycles. The van der Waals surface area contributed by atoms with Crippen LogP contribution in [-0.2, 0) is 13.0 Å². The van der Waals surface area contributed by atoms with Crippen LogP contribution >= 0.6 is 0 Å². The van der Waals surface area contributed by atoms with E-state index in [0.29, 0.717) is 6.61 Å². The van der Waals surface area contributed by atoms with Crippen LogP contribution in [0.1, 0.15) is 29.2 Å². The van der Waals surface area contributed by atoms with Crippen molar-refractivity contribution < 1.29 is 4.74 Å². The summed E-state index contributed by atoms with van der Waals surface area (Å²) in [5.41, 5.74) is 8.04. The van der Waals surface area contributed by atoms with Gasteiger partial charge >= 0.3 is 0 Å². The summed E-state index contributed by atoms with van der Waals surface area (Å²) in [6, 6.07) is 16.7. The lowest BCUT2D eigenvalue weighted by atomic mass is 10.0. The molecule has 0 aliphatic heterocycles. The van der Waals surface area contributed by atoms with Crippen LogP contribution in [0.2, 0.25) is 0 Å². The Balaban J connectivity index is 1.80. The Morgan fingerprint density at radius 2 is 1.88 bits per heavy atom. The van der Waals surface area contributed by atoms with E-state index in [2.05, 4.69) is 66.6 Å². The molecule has 1 N–H and O–H groups in total. The van der Waals surface area contributed by atoms with Gasteiger partial charge in [-0.1, -0.05) is 25.1 Å². The lowest BCUT2D eigenvalue weighted by Gasteiger charge is -2.16. The Morgan fingerprint density at radius 3 is 2.54 bits per heavy atom. The molecular weight excluding hydrogens is 320 g/mol. The summed E-state index contributed by atoms with van der Waals surface area (Å²) in [5, 5.41) is 3.27. The molecule has 1 heterocycles. The van der Waals surface area contributed by atoms with Crippen molar-refractivity contribution in [3.63, 3.8) is 0 Å². The van der Waals surface area contributed by atoms with E-state index in [-0.39, 0.29) is 0 Å². The molecule has 0 amide bonds. The van der Waals surface area contributed by atoms with E-state index in [1.807, 2.05) is 26.2 Å². The highest BCUT2D eigenvalue weighted by molar-refractivity contribution is 5.62. The average Bonchev–Trinajstić information content (AvgIpc) is 2.67. The fourth-order valence-electron chi connectivity index (χ4n) is 3.13. The smallest absolute Gasteiger partial charge is 0.122 e. The van der Waals surface area contributed by atoms with Crippen molar-refractivity contribution >= 4 is 5.69 Å². The maximum absolute atomic E-state index is 6.16. The number of anilines is 1. The van der Waals surface area contributed by atoms with Crippen LogP contribution in [-0.4, -0.2) is 12.0 Å². The van der Waals surface area contributed by atoms with Crippen molar-refractivity contribution in [2.45, 2.75) is 33.8 Å². The van der Waals surface area contributed by atoms with Gasteiger partial charge in [-0.25, -0.2) is 0 Å². The number of pyridine rings is 1. The molecular formula is C23H26N2O. The minimum absolute atomic E-state index is 0.559. The molecule has 1 aromatic heterocycles. The summed E-state index contributed by atoms with van der Waals surface area (Å²) < 4.78 is 6.16. The lowest BCUT2D eigenvalue weighted by molar-refractivity contribution is 0.303. The molecule has 0 bridgehead atoms. The number of aromatic nitrogens is 1. The summed E-state index contributed by atoms with van der Waals surface area (Å²) in [7, 11) is 1.95. The molecule has 3 aromatic rings. The molecule has 0 fully saturated rings. The molecule has 134 valence electrons. The van der Waals surface area contributed by atoms with Crippen molar-refractivity contribution in [1.82, 2.24) is 4.98 Å². The number of aryl methyl sites for hydroxylation is 3. The monoisotopic (exact) mass is 346 g/mol. The first kappa shape index (κ1) is 18.0. The molecule has 0 spiro atoms. The normalized spacial score (nSPS) is 10.6. The van der Waals surface area contributed by atoms with Gasteiger partial charge in [0.15, 0.2) is 0 Å². The van der Waals surface area contributed by atoms with Crippen LogP contribution in [0, 0.1) is 13.8 Å². The first-order valence-electron chi connectivity index (χ1n) is 9.07. The number of nitrogens with one attached hydrogen (secondary N) is 1. The van der Waals surface area contributed by atoms with E-state index in [9.17, 15) is 0 Å². The van der Waals surface area contributed by atoms with Crippen LogP contribution in [0.15, 0.2) is 54.7 Å². The molecule has 0 aliphatic carbocycles. The topological polar surface area (TPSA) is 34.1 Å². The van der Waals surface area contributed by atoms with Gasteiger partial charge in [0.05, 0.1) is 5.69 Å². The molecule has 0 atom stereocenters. The number of hydrogen-bond acceptors (Lipinski definition) is 3. The molecule has 0 aliphatic rings. The average molecular weight is 346 g/mol. The minimum Gasteiger partial charge on any atom is -0.489 e. The zero-order valence-corrected chi connectivity index (χ0v) is 16.0. The van der Waals surface area contributed by atoms with Crippen LogP contribution < -0.4 is 10.1 Å². The number of rotatable bonds is 6. The number of hydrogen-bond donors (Lipinski definition) is 1. The largest absolute Gasteiger partial charge is 0.489 e. The van der Waals surface area contributed by atoms with Crippen molar-refractivity contribution in [2.75, 3.05) is 12.4 Å². The lowest BCUT2D eigenvalue weighted by Crippen LogP contribution is -2.05. The van der Waals surface area contributed by atoms with Gasteiger partial charge in [0.2, 0.25) is 0 Å². The van der Waals surface area contributed by atoms with Crippen LogP contribution in [0.3, 0.4) is 0 Å². The Hall–Kier alpha value is -2.81. The van der Waals surface area contributed by atoms with E-state index in [0.717, 1.165) is 34.7 Å². The quantitative estimate of drug-likeness (QED) is 0.635. The van der Waals surface area contributed by atoms with Gasteiger partial charge in [0.1, 0.15) is 12.4 Å². The second kappa shape index (κ2) is 8.05. The van der Waals surface area contributed by atoms with E-state index >= 15 is 0 Å². The van der Waals surface area contributed by atoms with Crippen LogP contribution in [0.4, 0.5) is 5.69 Å². The minimum atomic E-state index is 0.559. The van der Waals surface area contributed by atoms with Crippen molar-refractivity contribution in [2.24, 2.45) is 0 Å². The molecule has 3 nitrogen and oxygen atoms in total. The maximum Gasteiger partial charge on any atom is 0.122 e. The van der Waals surface area contributed by atoms with Gasteiger partial charge in [-0.2, -0.15) is 0 Å². The van der Waals surface area contributed by atoms with E-state index in [1.165, 1.54) is 16.7 Å². The number of nitrogens with zero attached hydrogens (tertiary/aromatic N) is 1. The van der Waals surface area contributed by atoms with E-state index in [4.69, 9.17) is 4.74 Å². The summed E-state index contributed by atoms with van der Waals surface area (Å²) in [4.78, 5) is 4.51. The fraction of sp³-hybridized carbons (Fsp3) is 0.261. The maximum atomic E-state index is 6.16. The summed E-state index contributed by atoms with van der Waals surface area (Å²) in [6.07, 6.45) is 2.89. The Kier molecular flexibility index (Phi) is 5.57. The molecule has 26 heavy (non-hydrogen) atoms. The Bertz CT molecular complexity index is 863. The highest BCUT2D eigenvalue weighted by Gasteiger charge is 2.09. The molecule has 0 unspecified atom stereocenters. The SMILES string of the molecule is CCc1cccc(NC)c1COc1ccc(-c2ccc(C)cn2)cc1C. The van der Waals surface area contributed by atoms with Crippen molar-refractivity contribution in [3.8, 4) is 17.0 Å². The zero-order chi connectivity index (χ0) is 18.5.